The summed E-state index contributed by atoms with van der Waals surface area (Å²) in [7, 11) is 1.78. The van der Waals surface area contributed by atoms with Gasteiger partial charge in [0.25, 0.3) is 0 Å². The van der Waals surface area contributed by atoms with Crippen molar-refractivity contribution in [2.75, 3.05) is 20.1 Å². The molecule has 5 heteroatoms. The minimum atomic E-state index is -0.188. The van der Waals surface area contributed by atoms with Crippen LogP contribution in [0.25, 0.3) is 0 Å². The largest absolute Gasteiger partial charge is 0.404 e. The smallest absolute Gasteiger partial charge is 0.240 e. The summed E-state index contributed by atoms with van der Waals surface area (Å²) < 4.78 is 0. The lowest BCUT2D eigenvalue weighted by molar-refractivity contribution is -0.136. The number of amides is 1. The van der Waals surface area contributed by atoms with Gasteiger partial charge in [0.05, 0.1) is 12.6 Å². The molecular weight excluding hydrogens is 218 g/mol. The van der Waals surface area contributed by atoms with Crippen molar-refractivity contribution in [1.29, 1.82) is 0 Å². The van der Waals surface area contributed by atoms with E-state index in [1.807, 2.05) is 0 Å². The number of rotatable bonds is 4. The molecule has 96 valence electrons. The van der Waals surface area contributed by atoms with Crippen LogP contribution in [0.4, 0.5) is 0 Å². The summed E-state index contributed by atoms with van der Waals surface area (Å²) >= 11 is 0. The van der Waals surface area contributed by atoms with Gasteiger partial charge in [0.15, 0.2) is 5.78 Å². The normalized spacial score (nSPS) is 26.2. The summed E-state index contributed by atoms with van der Waals surface area (Å²) in [5.41, 5.74) is 5.16. The maximum Gasteiger partial charge on any atom is 0.240 e. The first-order chi connectivity index (χ1) is 8.10. The molecule has 2 unspecified atom stereocenters. The maximum atomic E-state index is 12.2. The van der Waals surface area contributed by atoms with Gasteiger partial charge in [-0.2, -0.15) is 0 Å². The fraction of sp³-hybridized carbons (Fsp3) is 0.667. The Morgan fingerprint density at radius 3 is 2.94 bits per heavy atom. The molecule has 1 fully saturated rings. The molecule has 2 atom stereocenters. The number of nitrogens with two attached hydrogens (primary N) is 1. The van der Waals surface area contributed by atoms with Gasteiger partial charge in [-0.25, -0.2) is 0 Å². The van der Waals surface area contributed by atoms with E-state index in [0.29, 0.717) is 12.5 Å². The van der Waals surface area contributed by atoms with E-state index in [4.69, 9.17) is 5.73 Å². The van der Waals surface area contributed by atoms with Crippen LogP contribution in [0.1, 0.15) is 19.8 Å². The first-order valence-corrected chi connectivity index (χ1v) is 5.97. The monoisotopic (exact) mass is 239 g/mol. The van der Waals surface area contributed by atoms with Crippen LogP contribution >= 0.6 is 0 Å². The Bertz CT molecular complexity index is 315. The Labute approximate surface area is 102 Å². The average Bonchev–Trinajstić information content (AvgIpc) is 2.40. The van der Waals surface area contributed by atoms with Crippen LogP contribution in [0.15, 0.2) is 12.3 Å². The molecule has 5 nitrogen and oxygen atoms in total. The molecule has 1 aliphatic heterocycles. The van der Waals surface area contributed by atoms with E-state index in [-0.39, 0.29) is 24.3 Å². The van der Waals surface area contributed by atoms with E-state index in [0.717, 1.165) is 12.8 Å². The molecule has 1 amide bonds. The Hall–Kier alpha value is -1.36. The van der Waals surface area contributed by atoms with E-state index in [1.54, 1.807) is 11.9 Å². The zero-order chi connectivity index (χ0) is 12.8. The molecule has 0 aromatic carbocycles. The fourth-order valence-electron chi connectivity index (χ4n) is 2.23. The quantitative estimate of drug-likeness (QED) is 0.670. The maximum absolute atomic E-state index is 12.2. The van der Waals surface area contributed by atoms with Gasteiger partial charge in [-0.05, 0) is 38.1 Å². The Kier molecular flexibility index (Phi) is 5.15. The van der Waals surface area contributed by atoms with Gasteiger partial charge >= 0.3 is 0 Å². The van der Waals surface area contributed by atoms with Crippen LogP contribution in [0.2, 0.25) is 0 Å². The van der Waals surface area contributed by atoms with Crippen molar-refractivity contribution in [2.24, 2.45) is 11.7 Å². The number of likely N-dealkylation sites (tertiary alicyclic amines) is 1. The number of likely N-dealkylation sites (N-methyl/N-ethyl adjacent to an activating group) is 1. The standard InChI is InChI=1S/C12H21N3O2/c1-9-4-3-7-15(8-10(16)5-6-13)12(17)11(9)14-2/h5-6,9,11,14H,3-4,7-8,13H2,1-2H3. The lowest BCUT2D eigenvalue weighted by Crippen LogP contribution is -2.48. The topological polar surface area (TPSA) is 75.4 Å². The molecule has 1 rings (SSSR count). The Morgan fingerprint density at radius 2 is 2.35 bits per heavy atom. The number of hydrogen-bond acceptors (Lipinski definition) is 4. The van der Waals surface area contributed by atoms with E-state index >= 15 is 0 Å². The molecule has 3 N–H and O–H groups in total. The van der Waals surface area contributed by atoms with Crippen LogP contribution < -0.4 is 11.1 Å². The first-order valence-electron chi connectivity index (χ1n) is 5.97. The predicted molar refractivity (Wildman–Crippen MR) is 66.2 cm³/mol. The van der Waals surface area contributed by atoms with E-state index in [9.17, 15) is 9.59 Å². The van der Waals surface area contributed by atoms with Crippen molar-refractivity contribution in [3.63, 3.8) is 0 Å². The van der Waals surface area contributed by atoms with Crippen LogP contribution in [-0.2, 0) is 9.59 Å². The molecule has 0 aromatic rings. The van der Waals surface area contributed by atoms with Crippen LogP contribution in [0.3, 0.4) is 0 Å². The van der Waals surface area contributed by atoms with Crippen molar-refractivity contribution in [2.45, 2.75) is 25.8 Å². The third kappa shape index (κ3) is 3.56. The third-order valence-corrected chi connectivity index (χ3v) is 3.17. The summed E-state index contributed by atoms with van der Waals surface area (Å²) in [5.74, 6) is 0.180. The lowest BCUT2D eigenvalue weighted by Gasteiger charge is -2.25. The van der Waals surface area contributed by atoms with Crippen molar-refractivity contribution >= 4 is 11.7 Å². The van der Waals surface area contributed by atoms with E-state index in [1.165, 1.54) is 12.3 Å². The van der Waals surface area contributed by atoms with Crippen molar-refractivity contribution in [3.05, 3.63) is 12.3 Å². The minimum absolute atomic E-state index is 0.0104. The van der Waals surface area contributed by atoms with Gasteiger partial charge in [0, 0.05) is 6.54 Å². The highest BCUT2D eigenvalue weighted by Gasteiger charge is 2.31. The predicted octanol–water partition coefficient (Wildman–Crippen LogP) is -0.126. The molecule has 1 aliphatic rings. The number of nitrogens with zero attached hydrogens (tertiary/aromatic N) is 1. The second-order valence-electron chi connectivity index (χ2n) is 4.47. The summed E-state index contributed by atoms with van der Waals surface area (Å²) in [6.07, 6.45) is 4.44. The van der Waals surface area contributed by atoms with Crippen molar-refractivity contribution in [3.8, 4) is 0 Å². The number of carbonyl (C=O) groups is 2. The van der Waals surface area contributed by atoms with Crippen LogP contribution in [-0.4, -0.2) is 42.8 Å². The third-order valence-electron chi connectivity index (χ3n) is 3.17. The molecule has 1 saturated heterocycles. The minimum Gasteiger partial charge on any atom is -0.404 e. The van der Waals surface area contributed by atoms with Gasteiger partial charge in [0.2, 0.25) is 5.91 Å². The number of carbonyl (C=O) groups excluding carboxylic acids is 2. The highest BCUT2D eigenvalue weighted by atomic mass is 16.2. The van der Waals surface area contributed by atoms with Crippen LogP contribution in [0.5, 0.6) is 0 Å². The summed E-state index contributed by atoms with van der Waals surface area (Å²) in [5, 5.41) is 3.03. The molecule has 0 bridgehead atoms. The summed E-state index contributed by atoms with van der Waals surface area (Å²) in [6, 6.07) is -0.188. The summed E-state index contributed by atoms with van der Waals surface area (Å²) in [4.78, 5) is 25.3. The van der Waals surface area contributed by atoms with Crippen molar-refractivity contribution in [1.82, 2.24) is 10.2 Å². The van der Waals surface area contributed by atoms with Crippen molar-refractivity contribution < 1.29 is 9.59 Å². The Morgan fingerprint density at radius 1 is 1.65 bits per heavy atom. The molecule has 0 saturated carbocycles. The zero-order valence-electron chi connectivity index (χ0n) is 10.5. The highest BCUT2D eigenvalue weighted by Crippen LogP contribution is 2.18. The SMILES string of the molecule is CNC1C(=O)N(CC(=O)C=CN)CCCC1C. The van der Waals surface area contributed by atoms with E-state index < -0.39 is 0 Å². The van der Waals surface area contributed by atoms with Gasteiger partial charge in [-0.15, -0.1) is 0 Å². The van der Waals surface area contributed by atoms with E-state index in [2.05, 4.69) is 12.2 Å². The fourth-order valence-corrected chi connectivity index (χ4v) is 2.23. The number of ketones is 1. The van der Waals surface area contributed by atoms with Gasteiger partial charge < -0.3 is 16.0 Å². The van der Waals surface area contributed by atoms with Gasteiger partial charge in [-0.3, -0.25) is 9.59 Å². The second-order valence-corrected chi connectivity index (χ2v) is 4.47. The molecular formula is C12H21N3O2. The number of nitrogens with one attached hydrogen (secondary N) is 1. The zero-order valence-corrected chi connectivity index (χ0v) is 10.5. The molecule has 0 radical (unpaired) electrons. The first kappa shape index (κ1) is 13.7. The molecule has 17 heavy (non-hydrogen) atoms. The molecule has 1 heterocycles. The highest BCUT2D eigenvalue weighted by molar-refractivity contribution is 5.94. The molecule has 0 spiro atoms. The van der Waals surface area contributed by atoms with Crippen LogP contribution in [0, 0.1) is 5.92 Å². The second kappa shape index (κ2) is 6.39. The van der Waals surface area contributed by atoms with Gasteiger partial charge in [-0.1, -0.05) is 6.92 Å². The lowest BCUT2D eigenvalue weighted by atomic mass is 9.98. The molecule has 0 aromatic heterocycles. The summed E-state index contributed by atoms with van der Waals surface area (Å²) in [6.45, 7) is 2.83. The average molecular weight is 239 g/mol. The Balaban J connectivity index is 2.71. The number of hydrogen-bond donors (Lipinski definition) is 2. The molecule has 0 aliphatic carbocycles. The van der Waals surface area contributed by atoms with Gasteiger partial charge in [0.1, 0.15) is 0 Å².